The van der Waals surface area contributed by atoms with E-state index in [0.29, 0.717) is 41.8 Å². The SMILES string of the molecule is C=C(C)C1CCC2(NC(=O)N[C@H](CCSC)C(=O)OC)CC[C@@]3(C)C(CCC4[C@@]5(C)CCC(=O)C(C)(C)C5CC[C@]43C)C12. The standard InChI is InChI=1S/C36H58N2O4S/c1-22(2)23-12-18-36(38-31(41)37-25(15-21-43-9)30(40)42-8)20-19-34(6)24(29(23)36)10-11-27-33(5)16-14-28(39)32(3,4)26(33)13-17-35(27,34)7/h23-27,29H,1,10-21H2,2-9H3,(H2,37,38,41)/t23?,24?,25-,26?,27?,29?,33+,34+,35-,36?/m1/s1. The van der Waals surface area contributed by atoms with Crippen molar-refractivity contribution >= 4 is 29.5 Å². The van der Waals surface area contributed by atoms with Gasteiger partial charge >= 0.3 is 12.0 Å². The molecule has 0 aliphatic heterocycles. The Morgan fingerprint density at radius 1 is 0.977 bits per heavy atom. The molecule has 5 aliphatic rings. The number of allylic oxidation sites excluding steroid dienone is 1. The number of nitrogens with one attached hydrogen (secondary N) is 2. The normalized spacial score (nSPS) is 43.7. The van der Waals surface area contributed by atoms with Crippen LogP contribution >= 0.6 is 11.8 Å². The number of methoxy groups -OCH3 is 1. The lowest BCUT2D eigenvalue weighted by atomic mass is 9.32. The van der Waals surface area contributed by atoms with E-state index in [1.54, 1.807) is 11.8 Å². The summed E-state index contributed by atoms with van der Waals surface area (Å²) in [5.74, 6) is 3.14. The number of ketones is 1. The summed E-state index contributed by atoms with van der Waals surface area (Å²) in [7, 11) is 1.39. The molecule has 2 N–H and O–H groups in total. The molecular weight excluding hydrogens is 556 g/mol. The minimum atomic E-state index is -0.642. The zero-order valence-electron chi connectivity index (χ0n) is 28.2. The van der Waals surface area contributed by atoms with Gasteiger partial charge in [-0.3, -0.25) is 4.79 Å². The summed E-state index contributed by atoms with van der Waals surface area (Å²) >= 11 is 1.66. The molecule has 10 atom stereocenters. The molecule has 0 radical (unpaired) electrons. The van der Waals surface area contributed by atoms with Crippen LogP contribution in [0.4, 0.5) is 4.79 Å². The van der Waals surface area contributed by atoms with E-state index < -0.39 is 6.04 Å². The predicted octanol–water partition coefficient (Wildman–Crippen LogP) is 7.56. The maximum absolute atomic E-state index is 13.7. The number of fused-ring (bicyclic) bond motifs is 7. The monoisotopic (exact) mass is 614 g/mol. The Kier molecular flexibility index (Phi) is 8.71. The Morgan fingerprint density at radius 3 is 2.35 bits per heavy atom. The summed E-state index contributed by atoms with van der Waals surface area (Å²) in [6.45, 7) is 18.9. The van der Waals surface area contributed by atoms with Gasteiger partial charge in [0.15, 0.2) is 0 Å². The third kappa shape index (κ3) is 4.92. The van der Waals surface area contributed by atoms with Crippen molar-refractivity contribution in [2.75, 3.05) is 19.1 Å². The van der Waals surface area contributed by atoms with Gasteiger partial charge in [-0.1, -0.05) is 46.8 Å². The number of urea groups is 1. The number of esters is 1. The molecular formula is C36H58N2O4S. The number of carbonyl (C=O) groups excluding carboxylic acids is 3. The third-order valence-electron chi connectivity index (χ3n) is 14.6. The smallest absolute Gasteiger partial charge is 0.328 e. The van der Waals surface area contributed by atoms with Crippen molar-refractivity contribution in [3.8, 4) is 0 Å². The maximum atomic E-state index is 13.7. The van der Waals surface area contributed by atoms with E-state index in [2.05, 4.69) is 58.8 Å². The van der Waals surface area contributed by atoms with Gasteiger partial charge in [-0.2, -0.15) is 11.8 Å². The second kappa shape index (κ2) is 11.4. The summed E-state index contributed by atoms with van der Waals surface area (Å²) < 4.78 is 5.02. The lowest BCUT2D eigenvalue weighted by Crippen LogP contribution is -2.69. The van der Waals surface area contributed by atoms with Gasteiger partial charge < -0.3 is 15.4 Å². The van der Waals surface area contributed by atoms with E-state index in [4.69, 9.17) is 4.74 Å². The number of rotatable bonds is 7. The molecule has 5 aliphatic carbocycles. The Morgan fingerprint density at radius 2 is 1.70 bits per heavy atom. The molecule has 0 aromatic carbocycles. The molecule has 43 heavy (non-hydrogen) atoms. The topological polar surface area (TPSA) is 84.5 Å². The molecule has 0 aromatic rings. The lowest BCUT2D eigenvalue weighted by molar-refractivity contribution is -0.228. The Labute approximate surface area is 265 Å². The number of ether oxygens (including phenoxy) is 1. The van der Waals surface area contributed by atoms with Gasteiger partial charge in [-0.05, 0) is 129 Å². The Balaban J connectivity index is 1.45. The molecule has 0 spiro atoms. The lowest BCUT2D eigenvalue weighted by Gasteiger charge is -2.72. The zero-order chi connectivity index (χ0) is 31.6. The number of hydrogen-bond acceptors (Lipinski definition) is 5. The first-order chi connectivity index (χ1) is 20.1. The van der Waals surface area contributed by atoms with E-state index in [0.717, 1.165) is 50.7 Å². The van der Waals surface area contributed by atoms with Crippen LogP contribution in [0.25, 0.3) is 0 Å². The fourth-order valence-electron chi connectivity index (χ4n) is 12.2. The molecule has 0 bridgehead atoms. The van der Waals surface area contributed by atoms with Crippen LogP contribution in [0.3, 0.4) is 0 Å². The summed E-state index contributed by atoms with van der Waals surface area (Å²) in [6, 6.07) is -0.883. The Hall–Kier alpha value is -1.50. The van der Waals surface area contributed by atoms with E-state index in [9.17, 15) is 14.4 Å². The van der Waals surface area contributed by atoms with Crippen molar-refractivity contribution in [2.24, 2.45) is 51.2 Å². The number of hydrogen-bond donors (Lipinski definition) is 2. The molecule has 6 unspecified atom stereocenters. The molecule has 6 nitrogen and oxygen atoms in total. The van der Waals surface area contributed by atoms with Crippen molar-refractivity contribution < 1.29 is 19.1 Å². The first-order valence-electron chi connectivity index (χ1n) is 17.0. The highest BCUT2D eigenvalue weighted by Gasteiger charge is 2.71. The molecule has 7 heteroatoms. The van der Waals surface area contributed by atoms with E-state index in [-0.39, 0.29) is 39.2 Å². The quantitative estimate of drug-likeness (QED) is 0.228. The van der Waals surface area contributed by atoms with E-state index in [1.807, 2.05) is 6.26 Å². The second-order valence-corrected chi connectivity index (χ2v) is 17.4. The van der Waals surface area contributed by atoms with Crippen LogP contribution in [-0.2, 0) is 14.3 Å². The molecule has 0 heterocycles. The highest BCUT2D eigenvalue weighted by atomic mass is 32.2. The molecule has 5 rings (SSSR count). The highest BCUT2D eigenvalue weighted by molar-refractivity contribution is 7.98. The van der Waals surface area contributed by atoms with Crippen LogP contribution in [0.2, 0.25) is 0 Å². The summed E-state index contributed by atoms with van der Waals surface area (Å²) in [4.78, 5) is 39.2. The van der Waals surface area contributed by atoms with Crippen LogP contribution < -0.4 is 10.6 Å². The van der Waals surface area contributed by atoms with Crippen molar-refractivity contribution in [3.63, 3.8) is 0 Å². The van der Waals surface area contributed by atoms with Crippen molar-refractivity contribution in [3.05, 3.63) is 12.2 Å². The number of thioether (sulfide) groups is 1. The van der Waals surface area contributed by atoms with Gasteiger partial charge in [-0.25, -0.2) is 9.59 Å². The fourth-order valence-corrected chi connectivity index (χ4v) is 12.7. The summed E-state index contributed by atoms with van der Waals surface area (Å²) in [5, 5.41) is 6.52. The molecule has 0 saturated heterocycles. The minimum absolute atomic E-state index is 0.159. The maximum Gasteiger partial charge on any atom is 0.328 e. The van der Waals surface area contributed by atoms with Crippen LogP contribution in [0, 0.1) is 51.2 Å². The minimum Gasteiger partial charge on any atom is -0.467 e. The first-order valence-corrected chi connectivity index (χ1v) is 18.3. The van der Waals surface area contributed by atoms with Gasteiger partial charge in [-0.15, -0.1) is 0 Å². The highest BCUT2D eigenvalue weighted by Crippen LogP contribution is 2.76. The van der Waals surface area contributed by atoms with Gasteiger partial charge in [0.25, 0.3) is 0 Å². The third-order valence-corrected chi connectivity index (χ3v) is 15.2. The molecule has 2 amide bonds. The van der Waals surface area contributed by atoms with Crippen LogP contribution in [-0.4, -0.2) is 48.5 Å². The first kappa shape index (κ1) is 32.9. The molecule has 242 valence electrons. The zero-order valence-corrected chi connectivity index (χ0v) is 29.0. The van der Waals surface area contributed by atoms with E-state index >= 15 is 0 Å². The van der Waals surface area contributed by atoms with Gasteiger partial charge in [0.05, 0.1) is 7.11 Å². The van der Waals surface area contributed by atoms with Crippen molar-refractivity contribution in [1.29, 1.82) is 0 Å². The molecule has 5 saturated carbocycles. The van der Waals surface area contributed by atoms with Gasteiger partial charge in [0.1, 0.15) is 11.8 Å². The van der Waals surface area contributed by atoms with Crippen molar-refractivity contribution in [1.82, 2.24) is 10.6 Å². The average molecular weight is 615 g/mol. The molecule has 0 aromatic heterocycles. The Bertz CT molecular complexity index is 1150. The number of carbonyl (C=O) groups is 3. The number of amides is 2. The van der Waals surface area contributed by atoms with E-state index in [1.165, 1.54) is 31.9 Å². The van der Waals surface area contributed by atoms with Crippen LogP contribution in [0.5, 0.6) is 0 Å². The number of Topliss-reactive ketones (excluding diaryl/α,β-unsaturated/α-hetero) is 1. The molecule has 5 fully saturated rings. The largest absolute Gasteiger partial charge is 0.467 e. The van der Waals surface area contributed by atoms with Gasteiger partial charge in [0, 0.05) is 17.4 Å². The van der Waals surface area contributed by atoms with Crippen LogP contribution in [0.15, 0.2) is 12.2 Å². The summed E-state index contributed by atoms with van der Waals surface area (Å²) in [5.41, 5.74) is 1.26. The van der Waals surface area contributed by atoms with Crippen LogP contribution in [0.1, 0.15) is 112 Å². The summed E-state index contributed by atoms with van der Waals surface area (Å²) in [6.07, 6.45) is 13.1. The van der Waals surface area contributed by atoms with Crippen molar-refractivity contribution in [2.45, 2.75) is 124 Å². The van der Waals surface area contributed by atoms with Gasteiger partial charge in [0.2, 0.25) is 0 Å². The fraction of sp³-hybridized carbons (Fsp3) is 0.861. The average Bonchev–Trinajstić information content (AvgIpc) is 3.32. The predicted molar refractivity (Wildman–Crippen MR) is 175 cm³/mol. The second-order valence-electron chi connectivity index (χ2n) is 16.4.